The molecule has 2 aliphatic carbocycles. The molecule has 2 aliphatic rings. The van der Waals surface area contributed by atoms with E-state index in [0.717, 1.165) is 55.0 Å². The maximum absolute atomic E-state index is 14.8. The average molecular weight is 657 g/mol. The van der Waals surface area contributed by atoms with E-state index in [1.165, 1.54) is 12.1 Å². The van der Waals surface area contributed by atoms with Crippen LogP contribution in [0.4, 0.5) is 8.78 Å². The zero-order chi connectivity index (χ0) is 33.9. The SMILES string of the molecule is CC(C)S(C#CC1=c2cc3c(cc2-c2ccc(F)cc21)=C(C#CS(C(C)C)(C(C)C)C(C)C)c1cc(F)ccc1-3)(C(C)C)C(C)C. The fraction of sp³-hybridized carbons (Fsp3) is 0.429. The van der Waals surface area contributed by atoms with Gasteiger partial charge in [-0.2, -0.15) is 20.1 Å². The highest BCUT2D eigenvalue weighted by molar-refractivity contribution is 8.39. The maximum Gasteiger partial charge on any atom is 0.123 e. The molecule has 46 heavy (non-hydrogen) atoms. The Kier molecular flexibility index (Phi) is 9.43. The lowest BCUT2D eigenvalue weighted by Gasteiger charge is -2.46. The molecule has 3 aromatic carbocycles. The first-order valence-corrected chi connectivity index (χ1v) is 20.4. The monoisotopic (exact) mass is 656 g/mol. The second-order valence-electron chi connectivity index (χ2n) is 14.3. The highest BCUT2D eigenvalue weighted by Crippen LogP contribution is 2.60. The first-order chi connectivity index (χ1) is 21.6. The summed E-state index contributed by atoms with van der Waals surface area (Å²) >= 11 is 0. The molecule has 0 nitrogen and oxygen atoms in total. The number of fused-ring (bicyclic) bond motifs is 6. The minimum absolute atomic E-state index is 0.261. The van der Waals surface area contributed by atoms with E-state index in [0.29, 0.717) is 31.5 Å². The lowest BCUT2D eigenvalue weighted by Crippen LogP contribution is -2.27. The molecule has 3 aromatic rings. The quantitative estimate of drug-likeness (QED) is 0.232. The second kappa shape index (κ2) is 12.6. The number of benzene rings is 3. The van der Waals surface area contributed by atoms with E-state index in [4.69, 9.17) is 0 Å². The molecule has 0 radical (unpaired) electrons. The van der Waals surface area contributed by atoms with Gasteiger partial charge in [-0.15, -0.1) is 0 Å². The van der Waals surface area contributed by atoms with E-state index in [1.807, 2.05) is 12.1 Å². The molecule has 0 atom stereocenters. The average Bonchev–Trinajstić information content (AvgIpc) is 3.42. The summed E-state index contributed by atoms with van der Waals surface area (Å²) in [7, 11) is -2.61. The van der Waals surface area contributed by atoms with Crippen molar-refractivity contribution in [2.75, 3.05) is 0 Å². The minimum atomic E-state index is -1.30. The van der Waals surface area contributed by atoms with Crippen molar-refractivity contribution in [2.24, 2.45) is 0 Å². The number of halogens is 2. The Hall–Kier alpha value is -2.92. The number of rotatable bonds is 6. The van der Waals surface area contributed by atoms with Crippen molar-refractivity contribution < 1.29 is 8.78 Å². The molecule has 0 unspecified atom stereocenters. The van der Waals surface area contributed by atoms with Crippen molar-refractivity contribution in [1.82, 2.24) is 0 Å². The zero-order valence-corrected chi connectivity index (χ0v) is 31.3. The second-order valence-corrected chi connectivity index (χ2v) is 23.5. The molecule has 0 bridgehead atoms. The van der Waals surface area contributed by atoms with Crippen LogP contribution in [0.1, 0.15) is 94.2 Å². The molecule has 0 aliphatic heterocycles. The molecule has 0 heterocycles. The summed E-state index contributed by atoms with van der Waals surface area (Å²) in [5.74, 6) is 6.82. The number of hydrogen-bond acceptors (Lipinski definition) is 0. The maximum atomic E-state index is 14.8. The molecule has 0 spiro atoms. The summed E-state index contributed by atoms with van der Waals surface area (Å²) in [4.78, 5) is 0. The molecule has 0 saturated carbocycles. The Morgan fingerprint density at radius 3 is 1.00 bits per heavy atom. The van der Waals surface area contributed by atoms with Crippen molar-refractivity contribution >= 4 is 31.2 Å². The molecular formula is C42H50F2S2. The van der Waals surface area contributed by atoms with E-state index in [-0.39, 0.29) is 11.6 Å². The van der Waals surface area contributed by atoms with Gasteiger partial charge in [0, 0.05) is 22.3 Å². The molecule has 0 N–H and O–H groups in total. The normalized spacial score (nSPS) is 14.4. The van der Waals surface area contributed by atoms with Crippen molar-refractivity contribution in [3.63, 3.8) is 0 Å². The largest absolute Gasteiger partial charge is 0.207 e. The Bertz CT molecular complexity index is 1770. The molecule has 0 amide bonds. The van der Waals surface area contributed by atoms with Crippen LogP contribution in [-0.2, 0) is 0 Å². The molecule has 5 rings (SSSR count). The lowest BCUT2D eigenvalue weighted by molar-refractivity contribution is 0.627. The molecule has 0 fully saturated rings. The summed E-state index contributed by atoms with van der Waals surface area (Å²) in [5, 5.41) is 12.3. The smallest absolute Gasteiger partial charge is 0.123 e. The van der Waals surface area contributed by atoms with Crippen LogP contribution in [0.3, 0.4) is 0 Å². The van der Waals surface area contributed by atoms with Gasteiger partial charge in [-0.1, -0.05) is 107 Å². The standard InChI is InChI=1S/C42H50F2S2/c1-25(2)45(26(3)4,27(5)6)19-17-35-37-21-31(43)13-15-33(37)39-24-42-36(18-20-46(28(7)8,29(9)10)30(11)12)38-22-32(44)14-16-34(38)40(42)23-41(35)39/h13-16,21-30H,1-12H3. The highest BCUT2D eigenvalue weighted by atomic mass is 32.3. The fourth-order valence-electron chi connectivity index (χ4n) is 8.19. The third kappa shape index (κ3) is 5.35. The Morgan fingerprint density at radius 2 is 0.717 bits per heavy atom. The summed E-state index contributed by atoms with van der Waals surface area (Å²) < 4.78 is 29.7. The first-order valence-electron chi connectivity index (χ1n) is 16.8. The van der Waals surface area contributed by atoms with Gasteiger partial charge in [-0.25, -0.2) is 8.78 Å². The van der Waals surface area contributed by atoms with Crippen molar-refractivity contribution in [3.8, 4) is 44.6 Å². The van der Waals surface area contributed by atoms with Gasteiger partial charge in [0.1, 0.15) is 11.6 Å². The Labute approximate surface area is 279 Å². The predicted octanol–water partition coefficient (Wildman–Crippen LogP) is 10.3. The van der Waals surface area contributed by atoms with Crippen LogP contribution in [-0.4, -0.2) is 31.5 Å². The van der Waals surface area contributed by atoms with E-state index in [1.54, 1.807) is 12.1 Å². The summed E-state index contributed by atoms with van der Waals surface area (Å²) in [6, 6.07) is 14.6. The molecule has 244 valence electrons. The van der Waals surface area contributed by atoms with Gasteiger partial charge >= 0.3 is 0 Å². The molecule has 0 saturated heterocycles. The summed E-state index contributed by atoms with van der Waals surface area (Å²) in [6.07, 6.45) is 0. The van der Waals surface area contributed by atoms with E-state index < -0.39 is 20.1 Å². The van der Waals surface area contributed by atoms with Gasteiger partial charge in [-0.3, -0.25) is 0 Å². The first kappa shape index (κ1) is 34.4. The fourth-order valence-corrected chi connectivity index (χ4v) is 16.7. The van der Waals surface area contributed by atoms with Crippen molar-refractivity contribution in [1.29, 1.82) is 0 Å². The zero-order valence-electron chi connectivity index (χ0n) is 29.7. The van der Waals surface area contributed by atoms with Crippen LogP contribution in [0, 0.1) is 34.0 Å². The number of hydrogen-bond donors (Lipinski definition) is 0. The van der Waals surface area contributed by atoms with Crippen molar-refractivity contribution in [2.45, 2.75) is 115 Å². The summed E-state index contributed by atoms with van der Waals surface area (Å²) in [5.41, 5.74) is 7.54. The van der Waals surface area contributed by atoms with Crippen LogP contribution in [0.15, 0.2) is 48.5 Å². The molecule has 0 aromatic heterocycles. The van der Waals surface area contributed by atoms with Crippen LogP contribution in [0.25, 0.3) is 33.4 Å². The highest BCUT2D eigenvalue weighted by Gasteiger charge is 2.35. The van der Waals surface area contributed by atoms with Gasteiger partial charge in [0.05, 0.1) is 0 Å². The predicted molar refractivity (Wildman–Crippen MR) is 203 cm³/mol. The van der Waals surface area contributed by atoms with Gasteiger partial charge < -0.3 is 0 Å². The Balaban J connectivity index is 1.89. The van der Waals surface area contributed by atoms with Crippen LogP contribution in [0.5, 0.6) is 0 Å². The van der Waals surface area contributed by atoms with Crippen LogP contribution < -0.4 is 10.4 Å². The third-order valence-corrected chi connectivity index (χ3v) is 20.4. The third-order valence-electron chi connectivity index (χ3n) is 10.2. The van der Waals surface area contributed by atoms with Crippen LogP contribution in [0.2, 0.25) is 0 Å². The summed E-state index contributed by atoms with van der Waals surface area (Å²) in [6.45, 7) is 27.5. The Morgan fingerprint density at radius 1 is 0.413 bits per heavy atom. The van der Waals surface area contributed by atoms with Gasteiger partial charge in [0.15, 0.2) is 0 Å². The van der Waals surface area contributed by atoms with Crippen LogP contribution >= 0.6 is 20.1 Å². The molecular weight excluding hydrogens is 607 g/mol. The van der Waals surface area contributed by atoms with Gasteiger partial charge in [0.2, 0.25) is 0 Å². The lowest BCUT2D eigenvalue weighted by atomic mass is 10.0. The van der Waals surface area contributed by atoms with E-state index in [2.05, 4.69) is 118 Å². The van der Waals surface area contributed by atoms with E-state index >= 15 is 0 Å². The minimum Gasteiger partial charge on any atom is -0.207 e. The topological polar surface area (TPSA) is 0 Å². The van der Waals surface area contributed by atoms with Gasteiger partial charge in [0.25, 0.3) is 0 Å². The van der Waals surface area contributed by atoms with Crippen molar-refractivity contribution in [3.05, 3.63) is 81.7 Å². The van der Waals surface area contributed by atoms with Gasteiger partial charge in [-0.05, 0) is 111 Å². The molecule has 4 heteroatoms. The van der Waals surface area contributed by atoms with E-state index in [9.17, 15) is 8.78 Å².